The topological polar surface area (TPSA) is 55.1 Å². The molecule has 3 aromatic rings. The Kier molecular flexibility index (Phi) is 4.17. The first kappa shape index (κ1) is 15.3. The second kappa shape index (κ2) is 6.26. The fourth-order valence-corrected chi connectivity index (χ4v) is 2.72. The summed E-state index contributed by atoms with van der Waals surface area (Å²) in [6.45, 7) is 1.93. The highest BCUT2D eigenvalue weighted by Crippen LogP contribution is 2.29. The monoisotopic (exact) mass is 326 g/mol. The summed E-state index contributed by atoms with van der Waals surface area (Å²) in [4.78, 5) is 11.8. The molecular formula is C18H15ClN2O2. The first-order valence-electron chi connectivity index (χ1n) is 7.28. The third-order valence-electron chi connectivity index (χ3n) is 3.65. The van der Waals surface area contributed by atoms with Crippen LogP contribution in [0.1, 0.15) is 23.0 Å². The standard InChI is InChI=1S/C18H15ClN2O2/c1-2-15-16(18(22)23)17(12-8-10-13(19)11-9-12)20-21(15)14-6-4-3-5-7-14/h3-11H,2H2,1H3,(H,22,23). The van der Waals surface area contributed by atoms with Crippen LogP contribution >= 0.6 is 11.6 Å². The van der Waals surface area contributed by atoms with Gasteiger partial charge in [-0.05, 0) is 30.7 Å². The SMILES string of the molecule is CCc1c(C(=O)O)c(-c2ccc(Cl)cc2)nn1-c1ccccc1. The van der Waals surface area contributed by atoms with Crippen molar-refractivity contribution < 1.29 is 9.90 Å². The molecule has 0 bridgehead atoms. The van der Waals surface area contributed by atoms with Crippen LogP contribution < -0.4 is 0 Å². The third kappa shape index (κ3) is 2.85. The van der Waals surface area contributed by atoms with E-state index >= 15 is 0 Å². The van der Waals surface area contributed by atoms with Gasteiger partial charge in [0.25, 0.3) is 0 Å². The Morgan fingerprint density at radius 1 is 1.13 bits per heavy atom. The second-order valence-electron chi connectivity index (χ2n) is 5.08. The number of carboxylic acids is 1. The summed E-state index contributed by atoms with van der Waals surface area (Å²) in [6.07, 6.45) is 0.567. The number of benzene rings is 2. The van der Waals surface area contributed by atoms with Crippen LogP contribution in [0.4, 0.5) is 0 Å². The summed E-state index contributed by atoms with van der Waals surface area (Å²) in [6, 6.07) is 16.6. The smallest absolute Gasteiger partial charge is 0.339 e. The van der Waals surface area contributed by atoms with E-state index < -0.39 is 5.97 Å². The second-order valence-corrected chi connectivity index (χ2v) is 5.52. The molecule has 0 radical (unpaired) electrons. The molecule has 4 nitrogen and oxygen atoms in total. The Hall–Kier alpha value is -2.59. The van der Waals surface area contributed by atoms with E-state index in [1.54, 1.807) is 28.9 Å². The van der Waals surface area contributed by atoms with Gasteiger partial charge in [-0.2, -0.15) is 5.10 Å². The summed E-state index contributed by atoms with van der Waals surface area (Å²) in [7, 11) is 0. The number of carbonyl (C=O) groups is 1. The van der Waals surface area contributed by atoms with Crippen LogP contribution in [0.2, 0.25) is 5.02 Å². The number of hydrogen-bond donors (Lipinski definition) is 1. The predicted molar refractivity (Wildman–Crippen MR) is 90.3 cm³/mol. The van der Waals surface area contributed by atoms with Crippen LogP contribution in [0.15, 0.2) is 54.6 Å². The Morgan fingerprint density at radius 3 is 2.35 bits per heavy atom. The van der Waals surface area contributed by atoms with Gasteiger partial charge in [0, 0.05) is 10.6 Å². The van der Waals surface area contributed by atoms with Crippen molar-refractivity contribution in [3.8, 4) is 16.9 Å². The summed E-state index contributed by atoms with van der Waals surface area (Å²) in [5, 5.41) is 14.8. The Labute approximate surface area is 139 Å². The molecule has 0 aliphatic rings. The van der Waals surface area contributed by atoms with Crippen molar-refractivity contribution in [2.45, 2.75) is 13.3 Å². The molecule has 0 atom stereocenters. The lowest BCUT2D eigenvalue weighted by Gasteiger charge is -2.05. The molecule has 1 aromatic heterocycles. The van der Waals surface area contributed by atoms with Gasteiger partial charge in [0.2, 0.25) is 0 Å². The van der Waals surface area contributed by atoms with E-state index in [-0.39, 0.29) is 5.56 Å². The lowest BCUT2D eigenvalue weighted by atomic mass is 10.0. The Morgan fingerprint density at radius 2 is 1.78 bits per heavy atom. The zero-order chi connectivity index (χ0) is 16.4. The zero-order valence-corrected chi connectivity index (χ0v) is 13.3. The molecule has 0 aliphatic heterocycles. The van der Waals surface area contributed by atoms with E-state index in [1.807, 2.05) is 37.3 Å². The van der Waals surface area contributed by atoms with Gasteiger partial charge in [-0.3, -0.25) is 0 Å². The molecule has 0 fully saturated rings. The van der Waals surface area contributed by atoms with Crippen molar-refractivity contribution in [1.29, 1.82) is 0 Å². The van der Waals surface area contributed by atoms with E-state index in [0.29, 0.717) is 22.8 Å². The van der Waals surface area contributed by atoms with Gasteiger partial charge in [0.15, 0.2) is 0 Å². The van der Waals surface area contributed by atoms with Gasteiger partial charge in [-0.25, -0.2) is 9.48 Å². The van der Waals surface area contributed by atoms with Crippen LogP contribution in [-0.2, 0) is 6.42 Å². The quantitative estimate of drug-likeness (QED) is 0.770. The number of hydrogen-bond acceptors (Lipinski definition) is 2. The maximum absolute atomic E-state index is 11.8. The van der Waals surface area contributed by atoms with Crippen LogP contribution in [0.25, 0.3) is 16.9 Å². The van der Waals surface area contributed by atoms with Gasteiger partial charge in [0.05, 0.1) is 11.4 Å². The van der Waals surface area contributed by atoms with E-state index in [0.717, 1.165) is 11.3 Å². The van der Waals surface area contributed by atoms with E-state index in [4.69, 9.17) is 11.6 Å². The number of rotatable bonds is 4. The molecule has 2 aromatic carbocycles. The lowest BCUT2D eigenvalue weighted by molar-refractivity contribution is 0.0696. The highest BCUT2D eigenvalue weighted by atomic mass is 35.5. The number of para-hydroxylation sites is 1. The van der Waals surface area contributed by atoms with E-state index in [2.05, 4.69) is 5.10 Å². The summed E-state index contributed by atoms with van der Waals surface area (Å²) >= 11 is 5.92. The van der Waals surface area contributed by atoms with Crippen LogP contribution in [0.5, 0.6) is 0 Å². The van der Waals surface area contributed by atoms with Crippen molar-refractivity contribution in [3.63, 3.8) is 0 Å². The molecule has 3 rings (SSSR count). The number of nitrogens with zero attached hydrogens (tertiary/aromatic N) is 2. The fraction of sp³-hybridized carbons (Fsp3) is 0.111. The number of aromatic carboxylic acids is 1. The maximum Gasteiger partial charge on any atom is 0.339 e. The highest BCUT2D eigenvalue weighted by molar-refractivity contribution is 6.30. The average molecular weight is 327 g/mol. The minimum absolute atomic E-state index is 0.235. The Balaban J connectivity index is 2.26. The molecule has 116 valence electrons. The number of halogens is 1. The van der Waals surface area contributed by atoms with Gasteiger partial charge < -0.3 is 5.11 Å². The number of aromatic nitrogens is 2. The minimum atomic E-state index is -0.978. The molecule has 1 heterocycles. The predicted octanol–water partition coefficient (Wildman–Crippen LogP) is 4.45. The summed E-state index contributed by atoms with van der Waals surface area (Å²) in [5.41, 5.74) is 2.94. The molecule has 0 spiro atoms. The largest absolute Gasteiger partial charge is 0.478 e. The Bertz CT molecular complexity index is 839. The van der Waals surface area contributed by atoms with Gasteiger partial charge in [-0.1, -0.05) is 48.9 Å². The van der Waals surface area contributed by atoms with Crippen molar-refractivity contribution in [2.75, 3.05) is 0 Å². The van der Waals surface area contributed by atoms with Crippen molar-refractivity contribution >= 4 is 17.6 Å². The highest BCUT2D eigenvalue weighted by Gasteiger charge is 2.24. The molecule has 0 unspecified atom stereocenters. The first-order valence-corrected chi connectivity index (χ1v) is 7.66. The van der Waals surface area contributed by atoms with Gasteiger partial charge in [0.1, 0.15) is 11.3 Å². The zero-order valence-electron chi connectivity index (χ0n) is 12.5. The maximum atomic E-state index is 11.8. The van der Waals surface area contributed by atoms with Gasteiger partial charge >= 0.3 is 5.97 Å². The molecular weight excluding hydrogens is 312 g/mol. The first-order chi connectivity index (χ1) is 11.1. The third-order valence-corrected chi connectivity index (χ3v) is 3.90. The van der Waals surface area contributed by atoms with Crippen molar-refractivity contribution in [3.05, 3.63) is 70.9 Å². The van der Waals surface area contributed by atoms with Crippen LogP contribution in [-0.4, -0.2) is 20.9 Å². The number of carboxylic acid groups (broad SMARTS) is 1. The molecule has 1 N–H and O–H groups in total. The van der Waals surface area contributed by atoms with E-state index in [9.17, 15) is 9.90 Å². The molecule has 23 heavy (non-hydrogen) atoms. The van der Waals surface area contributed by atoms with Gasteiger partial charge in [-0.15, -0.1) is 0 Å². The van der Waals surface area contributed by atoms with Crippen LogP contribution in [0.3, 0.4) is 0 Å². The van der Waals surface area contributed by atoms with E-state index in [1.165, 1.54) is 0 Å². The average Bonchev–Trinajstić information content (AvgIpc) is 2.96. The lowest BCUT2D eigenvalue weighted by Crippen LogP contribution is -2.05. The van der Waals surface area contributed by atoms with Crippen molar-refractivity contribution in [2.24, 2.45) is 0 Å². The summed E-state index contributed by atoms with van der Waals surface area (Å²) in [5.74, 6) is -0.978. The molecule has 0 saturated heterocycles. The molecule has 0 aliphatic carbocycles. The molecule has 5 heteroatoms. The normalized spacial score (nSPS) is 10.7. The minimum Gasteiger partial charge on any atom is -0.478 e. The van der Waals surface area contributed by atoms with Crippen molar-refractivity contribution in [1.82, 2.24) is 9.78 Å². The molecule has 0 saturated carbocycles. The molecule has 0 amide bonds. The summed E-state index contributed by atoms with van der Waals surface area (Å²) < 4.78 is 1.70. The van der Waals surface area contributed by atoms with Crippen LogP contribution in [0, 0.1) is 0 Å². The fourth-order valence-electron chi connectivity index (χ4n) is 2.60.